The summed E-state index contributed by atoms with van der Waals surface area (Å²) >= 11 is 0. The third kappa shape index (κ3) is 3.15. The minimum Gasteiger partial charge on any atom is -0.349 e. The van der Waals surface area contributed by atoms with Crippen LogP contribution < -0.4 is 5.32 Å². The number of nitrogens with zero attached hydrogens (tertiary/aromatic N) is 2. The number of imidazole rings is 1. The van der Waals surface area contributed by atoms with Crippen molar-refractivity contribution in [1.29, 1.82) is 0 Å². The van der Waals surface area contributed by atoms with E-state index < -0.39 is 0 Å². The number of hydrogen-bond acceptors (Lipinski definition) is 2. The van der Waals surface area contributed by atoms with Crippen molar-refractivity contribution in [2.75, 3.05) is 0 Å². The molecule has 1 N–H and O–H groups in total. The Bertz CT molecular complexity index is 602. The van der Waals surface area contributed by atoms with E-state index >= 15 is 0 Å². The first-order chi connectivity index (χ1) is 10.2. The summed E-state index contributed by atoms with van der Waals surface area (Å²) in [5, 5.41) is 3.21. The van der Waals surface area contributed by atoms with Crippen LogP contribution in [0.4, 0.5) is 0 Å². The van der Waals surface area contributed by atoms with Crippen LogP contribution in [0.5, 0.6) is 0 Å². The smallest absolute Gasteiger partial charge is 0.223 e. The number of rotatable bonds is 5. The molecular formula is C17H21N3O. The number of aryl methyl sites for hydroxylation is 1. The van der Waals surface area contributed by atoms with Gasteiger partial charge >= 0.3 is 0 Å². The van der Waals surface area contributed by atoms with Crippen molar-refractivity contribution in [3.8, 4) is 0 Å². The minimum absolute atomic E-state index is 0.0135. The van der Waals surface area contributed by atoms with Crippen molar-refractivity contribution in [3.05, 3.63) is 54.1 Å². The first-order valence-corrected chi connectivity index (χ1v) is 7.55. The van der Waals surface area contributed by atoms with Gasteiger partial charge in [-0.1, -0.05) is 36.8 Å². The molecule has 4 heteroatoms. The molecule has 1 fully saturated rings. The molecule has 3 rings (SSSR count). The van der Waals surface area contributed by atoms with Gasteiger partial charge in [-0.2, -0.15) is 0 Å². The summed E-state index contributed by atoms with van der Waals surface area (Å²) in [6, 6.07) is 10.1. The fraction of sp³-hybridized carbons (Fsp3) is 0.412. The van der Waals surface area contributed by atoms with Gasteiger partial charge in [0.15, 0.2) is 0 Å². The maximum atomic E-state index is 12.3. The van der Waals surface area contributed by atoms with Gasteiger partial charge in [-0.05, 0) is 18.4 Å². The van der Waals surface area contributed by atoms with E-state index in [-0.39, 0.29) is 17.9 Å². The molecular weight excluding hydrogens is 262 g/mol. The molecule has 0 bridgehead atoms. The van der Waals surface area contributed by atoms with Crippen LogP contribution >= 0.6 is 0 Å². The van der Waals surface area contributed by atoms with Crippen LogP contribution in [-0.4, -0.2) is 15.5 Å². The quantitative estimate of drug-likeness (QED) is 0.917. The second-order valence-electron chi connectivity index (χ2n) is 5.76. The third-order valence-corrected chi connectivity index (χ3v) is 4.30. The lowest BCUT2D eigenvalue weighted by Gasteiger charge is -2.27. The number of aromatic nitrogens is 2. The van der Waals surface area contributed by atoms with Gasteiger partial charge in [-0.15, -0.1) is 0 Å². The summed E-state index contributed by atoms with van der Waals surface area (Å²) in [5.74, 6) is 1.37. The van der Waals surface area contributed by atoms with Gasteiger partial charge in [-0.25, -0.2) is 4.98 Å². The number of carbonyl (C=O) groups excluding carboxylic acids is 1. The molecule has 0 saturated heterocycles. The maximum absolute atomic E-state index is 12.3. The number of nitrogens with one attached hydrogen (secondary N) is 1. The highest BCUT2D eigenvalue weighted by atomic mass is 16.2. The highest BCUT2D eigenvalue weighted by Crippen LogP contribution is 2.28. The topological polar surface area (TPSA) is 46.9 Å². The van der Waals surface area contributed by atoms with E-state index in [1.807, 2.05) is 36.0 Å². The van der Waals surface area contributed by atoms with Crippen LogP contribution in [0, 0.1) is 5.92 Å². The summed E-state index contributed by atoms with van der Waals surface area (Å²) in [5.41, 5.74) is 1.13. The van der Waals surface area contributed by atoms with E-state index in [1.54, 1.807) is 6.20 Å². The van der Waals surface area contributed by atoms with Gasteiger partial charge in [0, 0.05) is 31.8 Å². The van der Waals surface area contributed by atoms with E-state index in [1.165, 1.54) is 6.42 Å². The molecule has 0 aliphatic heterocycles. The van der Waals surface area contributed by atoms with Crippen molar-refractivity contribution >= 4 is 5.91 Å². The van der Waals surface area contributed by atoms with E-state index in [2.05, 4.69) is 22.4 Å². The van der Waals surface area contributed by atoms with Crippen LogP contribution in [0.2, 0.25) is 0 Å². The zero-order valence-corrected chi connectivity index (χ0v) is 12.3. The van der Waals surface area contributed by atoms with Crippen LogP contribution in [-0.2, 0) is 18.3 Å². The van der Waals surface area contributed by atoms with Gasteiger partial charge in [0.05, 0.1) is 6.04 Å². The Hall–Kier alpha value is -2.10. The Labute approximate surface area is 125 Å². The van der Waals surface area contributed by atoms with Gasteiger partial charge < -0.3 is 9.88 Å². The molecule has 110 valence electrons. The van der Waals surface area contributed by atoms with Crippen LogP contribution in [0.3, 0.4) is 0 Å². The van der Waals surface area contributed by atoms with Gasteiger partial charge in [0.2, 0.25) is 5.91 Å². The summed E-state index contributed by atoms with van der Waals surface area (Å²) in [7, 11) is 1.98. The zero-order chi connectivity index (χ0) is 14.7. The Balaban J connectivity index is 1.77. The average molecular weight is 283 g/mol. The molecule has 1 aromatic carbocycles. The molecule has 1 heterocycles. The van der Waals surface area contributed by atoms with Gasteiger partial charge in [0.1, 0.15) is 5.82 Å². The maximum Gasteiger partial charge on any atom is 0.223 e. The SMILES string of the molecule is Cn1ccnc1C[C@@H](NC(=O)C1CCC1)c1ccccc1. The molecule has 1 saturated carbocycles. The summed E-state index contributed by atoms with van der Waals surface area (Å²) in [6.45, 7) is 0. The number of carbonyl (C=O) groups is 1. The largest absolute Gasteiger partial charge is 0.349 e. The Morgan fingerprint density at radius 1 is 1.38 bits per heavy atom. The monoisotopic (exact) mass is 283 g/mol. The van der Waals surface area contributed by atoms with Crippen molar-refractivity contribution in [3.63, 3.8) is 0 Å². The molecule has 1 atom stereocenters. The van der Waals surface area contributed by atoms with Crippen LogP contribution in [0.15, 0.2) is 42.7 Å². The standard InChI is InChI=1S/C17H21N3O/c1-20-11-10-18-16(20)12-15(13-6-3-2-4-7-13)19-17(21)14-8-5-9-14/h2-4,6-7,10-11,14-15H,5,8-9,12H2,1H3,(H,19,21)/t15-/m1/s1. The van der Waals surface area contributed by atoms with Crippen molar-refractivity contribution in [2.24, 2.45) is 13.0 Å². The highest BCUT2D eigenvalue weighted by Gasteiger charge is 2.27. The van der Waals surface area contributed by atoms with E-state index in [4.69, 9.17) is 0 Å². The zero-order valence-electron chi connectivity index (χ0n) is 12.3. The molecule has 4 nitrogen and oxygen atoms in total. The Kier molecular flexibility index (Phi) is 4.04. The lowest BCUT2D eigenvalue weighted by Crippen LogP contribution is -2.38. The summed E-state index contributed by atoms with van der Waals surface area (Å²) < 4.78 is 2.01. The fourth-order valence-corrected chi connectivity index (χ4v) is 2.67. The van der Waals surface area contributed by atoms with Crippen molar-refractivity contribution in [2.45, 2.75) is 31.7 Å². The molecule has 1 aromatic heterocycles. The predicted octanol–water partition coefficient (Wildman–Crippen LogP) is 2.62. The number of amides is 1. The van der Waals surface area contributed by atoms with Crippen molar-refractivity contribution < 1.29 is 4.79 Å². The van der Waals surface area contributed by atoms with Gasteiger partial charge in [0.25, 0.3) is 0 Å². The molecule has 1 aliphatic carbocycles. The third-order valence-electron chi connectivity index (χ3n) is 4.30. The molecule has 0 radical (unpaired) electrons. The highest BCUT2D eigenvalue weighted by molar-refractivity contribution is 5.79. The van der Waals surface area contributed by atoms with E-state index in [9.17, 15) is 4.79 Å². The lowest BCUT2D eigenvalue weighted by molar-refractivity contribution is -0.128. The van der Waals surface area contributed by atoms with Gasteiger partial charge in [-0.3, -0.25) is 4.79 Å². The Morgan fingerprint density at radius 3 is 2.71 bits per heavy atom. The van der Waals surface area contributed by atoms with E-state index in [0.717, 1.165) is 24.2 Å². The fourth-order valence-electron chi connectivity index (χ4n) is 2.67. The molecule has 1 amide bonds. The van der Waals surface area contributed by atoms with Crippen LogP contribution in [0.25, 0.3) is 0 Å². The summed E-state index contributed by atoms with van der Waals surface area (Å²) in [4.78, 5) is 16.7. The molecule has 0 spiro atoms. The van der Waals surface area contributed by atoms with E-state index in [0.29, 0.717) is 6.42 Å². The number of benzene rings is 1. The second kappa shape index (κ2) is 6.12. The van der Waals surface area contributed by atoms with Crippen molar-refractivity contribution in [1.82, 2.24) is 14.9 Å². The molecule has 0 unspecified atom stereocenters. The first-order valence-electron chi connectivity index (χ1n) is 7.55. The number of hydrogen-bond donors (Lipinski definition) is 1. The van der Waals surface area contributed by atoms with Crippen LogP contribution in [0.1, 0.15) is 36.7 Å². The predicted molar refractivity (Wildman–Crippen MR) is 81.6 cm³/mol. The molecule has 1 aliphatic rings. The normalized spacial score (nSPS) is 16.2. The first kappa shape index (κ1) is 13.9. The second-order valence-corrected chi connectivity index (χ2v) is 5.76. The minimum atomic E-state index is -0.0135. The lowest BCUT2D eigenvalue weighted by atomic mass is 9.84. The molecule has 21 heavy (non-hydrogen) atoms. The molecule has 2 aromatic rings. The Morgan fingerprint density at radius 2 is 2.14 bits per heavy atom. The average Bonchev–Trinajstić information content (AvgIpc) is 2.82. The summed E-state index contributed by atoms with van der Waals surface area (Å²) in [6.07, 6.45) is 7.67.